The molecule has 2 N–H and O–H groups in total. The van der Waals surface area contributed by atoms with Crippen molar-refractivity contribution in [3.63, 3.8) is 0 Å². The molecule has 8 nitrogen and oxygen atoms in total. The van der Waals surface area contributed by atoms with Gasteiger partial charge in [0.05, 0.1) is 17.9 Å². The lowest BCUT2D eigenvalue weighted by Gasteiger charge is -2.44. The zero-order valence-electron chi connectivity index (χ0n) is 17.9. The zero-order chi connectivity index (χ0) is 21.3. The van der Waals surface area contributed by atoms with E-state index in [1.54, 1.807) is 47.7 Å². The Morgan fingerprint density at radius 1 is 1.14 bits per heavy atom. The molecule has 2 rings (SSSR count). The minimum Gasteiger partial charge on any atom is -0.443 e. The Morgan fingerprint density at radius 3 is 2.07 bits per heavy atom. The fourth-order valence-electron chi connectivity index (χ4n) is 2.77. The molecule has 1 fully saturated rings. The van der Waals surface area contributed by atoms with Gasteiger partial charge in [-0.1, -0.05) is 6.92 Å². The van der Waals surface area contributed by atoms with E-state index in [1.807, 2.05) is 17.9 Å². The molecule has 0 unspecified atom stereocenters. The summed E-state index contributed by atoms with van der Waals surface area (Å²) in [6, 6.07) is 1.59. The van der Waals surface area contributed by atoms with Gasteiger partial charge in [0.15, 0.2) is 0 Å². The van der Waals surface area contributed by atoms with Crippen molar-refractivity contribution in [3.05, 3.63) is 17.8 Å². The smallest absolute Gasteiger partial charge is 0.420 e. The lowest BCUT2D eigenvalue weighted by atomic mass is 10.1. The Bertz CT molecular complexity index is 703. The first-order chi connectivity index (χ1) is 12.8. The zero-order valence-corrected chi connectivity index (χ0v) is 17.9. The van der Waals surface area contributed by atoms with Crippen LogP contribution in [-0.2, 0) is 15.9 Å². The van der Waals surface area contributed by atoms with Crippen LogP contribution in [0.25, 0.3) is 0 Å². The summed E-state index contributed by atoms with van der Waals surface area (Å²) in [6.07, 6.45) is 1.04. The topological polar surface area (TPSA) is 98.0 Å². The highest BCUT2D eigenvalue weighted by atomic mass is 16.6. The number of aryl methyl sites for hydroxylation is 1. The number of anilines is 2. The summed E-state index contributed by atoms with van der Waals surface area (Å²) in [7, 11) is 0. The fraction of sp³-hybridized carbons (Fsp3) is 0.650. The van der Waals surface area contributed by atoms with E-state index in [1.165, 1.54) is 0 Å². The highest BCUT2D eigenvalue weighted by Gasteiger charge is 2.43. The first-order valence-corrected chi connectivity index (χ1v) is 9.55. The van der Waals surface area contributed by atoms with Gasteiger partial charge in [-0.15, -0.1) is 0 Å². The minimum atomic E-state index is -0.713. The van der Waals surface area contributed by atoms with Crippen molar-refractivity contribution in [2.75, 3.05) is 23.7 Å². The Labute approximate surface area is 167 Å². The van der Waals surface area contributed by atoms with Crippen molar-refractivity contribution in [2.45, 2.75) is 72.1 Å². The molecular weight excluding hydrogens is 360 g/mol. The Balaban J connectivity index is 2.15. The summed E-state index contributed by atoms with van der Waals surface area (Å²) in [6.45, 7) is 13.5. The standard InChI is InChI=1S/C20H32N4O4/c1-8-13-9-16(22-10-15(13)21)23-11-14(12-23)24(17(25)27-19(2,3)4)18(26)28-20(5,6)7/h9-10,14H,8,11-12,21H2,1-7H3. The van der Waals surface area contributed by atoms with Gasteiger partial charge in [0, 0.05) is 13.1 Å². The predicted molar refractivity (Wildman–Crippen MR) is 108 cm³/mol. The Kier molecular flexibility index (Phi) is 6.11. The highest BCUT2D eigenvalue weighted by Crippen LogP contribution is 2.27. The summed E-state index contributed by atoms with van der Waals surface area (Å²) in [4.78, 5) is 32.7. The lowest BCUT2D eigenvalue weighted by molar-refractivity contribution is -0.00983. The molecule has 2 amide bonds. The SMILES string of the molecule is CCc1cc(N2CC(N(C(=O)OC(C)(C)C)C(=O)OC(C)(C)C)C2)ncc1N. The number of ether oxygens (including phenoxy) is 2. The quantitative estimate of drug-likeness (QED) is 0.839. The van der Waals surface area contributed by atoms with E-state index in [4.69, 9.17) is 15.2 Å². The Morgan fingerprint density at radius 2 is 1.64 bits per heavy atom. The second kappa shape index (κ2) is 7.85. The maximum atomic E-state index is 12.7. The van der Waals surface area contributed by atoms with E-state index in [0.717, 1.165) is 22.7 Å². The van der Waals surface area contributed by atoms with E-state index in [0.29, 0.717) is 18.8 Å². The molecule has 1 aromatic rings. The Hall–Kier alpha value is -2.51. The third-order valence-electron chi connectivity index (χ3n) is 4.12. The highest BCUT2D eigenvalue weighted by molar-refractivity contribution is 5.89. The van der Waals surface area contributed by atoms with Crippen LogP contribution in [0.1, 0.15) is 54.0 Å². The number of nitrogen functional groups attached to an aromatic ring is 1. The van der Waals surface area contributed by atoms with Crippen LogP contribution in [0.5, 0.6) is 0 Å². The number of rotatable bonds is 3. The van der Waals surface area contributed by atoms with Crippen LogP contribution in [0.4, 0.5) is 21.1 Å². The summed E-state index contributed by atoms with van der Waals surface area (Å²) in [5.41, 5.74) is 6.17. The minimum absolute atomic E-state index is 0.353. The summed E-state index contributed by atoms with van der Waals surface area (Å²) < 4.78 is 10.8. The number of hydrogen-bond acceptors (Lipinski definition) is 7. The van der Waals surface area contributed by atoms with Crippen molar-refractivity contribution in [3.8, 4) is 0 Å². The molecule has 1 saturated heterocycles. The monoisotopic (exact) mass is 392 g/mol. The van der Waals surface area contributed by atoms with Gasteiger partial charge in [0.25, 0.3) is 0 Å². The summed E-state index contributed by atoms with van der Waals surface area (Å²) >= 11 is 0. The molecule has 1 aliphatic rings. The van der Waals surface area contributed by atoms with Crippen molar-refractivity contribution < 1.29 is 19.1 Å². The van der Waals surface area contributed by atoms with Crippen LogP contribution in [0.15, 0.2) is 12.3 Å². The van der Waals surface area contributed by atoms with E-state index in [-0.39, 0.29) is 6.04 Å². The number of imide groups is 1. The molecular formula is C20H32N4O4. The maximum absolute atomic E-state index is 12.7. The maximum Gasteiger partial charge on any atom is 0.420 e. The summed E-state index contributed by atoms with van der Waals surface area (Å²) in [5.74, 6) is 0.774. The molecule has 156 valence electrons. The normalized spacial score (nSPS) is 15.0. The second-order valence-corrected chi connectivity index (χ2v) is 8.98. The van der Waals surface area contributed by atoms with Crippen molar-refractivity contribution >= 4 is 23.7 Å². The molecule has 0 spiro atoms. The number of hydrogen-bond donors (Lipinski definition) is 1. The van der Waals surface area contributed by atoms with E-state index in [9.17, 15) is 9.59 Å². The number of pyridine rings is 1. The molecule has 0 atom stereocenters. The number of nitrogens with two attached hydrogens (primary N) is 1. The van der Waals surface area contributed by atoms with Gasteiger partial charge >= 0.3 is 12.2 Å². The van der Waals surface area contributed by atoms with Gasteiger partial charge in [0.1, 0.15) is 17.0 Å². The van der Waals surface area contributed by atoms with Crippen molar-refractivity contribution in [2.24, 2.45) is 0 Å². The second-order valence-electron chi connectivity index (χ2n) is 8.98. The molecule has 1 aromatic heterocycles. The number of nitrogens with zero attached hydrogens (tertiary/aromatic N) is 3. The van der Waals surface area contributed by atoms with Crippen LogP contribution >= 0.6 is 0 Å². The van der Waals surface area contributed by atoms with Gasteiger partial charge in [-0.25, -0.2) is 19.5 Å². The van der Waals surface area contributed by atoms with Gasteiger partial charge < -0.3 is 20.1 Å². The van der Waals surface area contributed by atoms with Gasteiger partial charge in [-0.05, 0) is 59.6 Å². The largest absolute Gasteiger partial charge is 0.443 e. The lowest BCUT2D eigenvalue weighted by Crippen LogP contribution is -2.63. The number of carbonyl (C=O) groups is 2. The number of aromatic nitrogens is 1. The predicted octanol–water partition coefficient (Wildman–Crippen LogP) is 3.59. The molecule has 2 heterocycles. The third kappa shape index (κ3) is 5.50. The van der Waals surface area contributed by atoms with Crippen molar-refractivity contribution in [1.82, 2.24) is 9.88 Å². The van der Waals surface area contributed by atoms with E-state index in [2.05, 4.69) is 4.98 Å². The molecule has 0 radical (unpaired) electrons. The van der Waals surface area contributed by atoms with E-state index >= 15 is 0 Å². The van der Waals surface area contributed by atoms with Crippen LogP contribution < -0.4 is 10.6 Å². The van der Waals surface area contributed by atoms with E-state index < -0.39 is 23.4 Å². The molecule has 0 aliphatic carbocycles. The van der Waals surface area contributed by atoms with Crippen molar-refractivity contribution in [1.29, 1.82) is 0 Å². The summed E-state index contributed by atoms with van der Waals surface area (Å²) in [5, 5.41) is 0. The molecule has 0 saturated carbocycles. The molecule has 8 heteroatoms. The van der Waals surface area contributed by atoms with Crippen LogP contribution in [0, 0.1) is 0 Å². The van der Waals surface area contributed by atoms with Crippen LogP contribution in [0.3, 0.4) is 0 Å². The molecule has 0 bridgehead atoms. The molecule has 1 aliphatic heterocycles. The number of carbonyl (C=O) groups excluding carboxylic acids is 2. The van der Waals surface area contributed by atoms with Gasteiger partial charge in [-0.2, -0.15) is 0 Å². The fourth-order valence-corrected chi connectivity index (χ4v) is 2.77. The first kappa shape index (κ1) is 21.8. The molecule has 0 aromatic carbocycles. The molecule has 28 heavy (non-hydrogen) atoms. The van der Waals surface area contributed by atoms with Crippen LogP contribution in [0.2, 0.25) is 0 Å². The number of amides is 2. The average molecular weight is 393 g/mol. The van der Waals surface area contributed by atoms with Crippen LogP contribution in [-0.4, -0.2) is 52.4 Å². The van der Waals surface area contributed by atoms with Gasteiger partial charge in [-0.3, -0.25) is 0 Å². The third-order valence-corrected chi connectivity index (χ3v) is 4.12. The van der Waals surface area contributed by atoms with Gasteiger partial charge in [0.2, 0.25) is 0 Å². The first-order valence-electron chi connectivity index (χ1n) is 9.55. The average Bonchev–Trinajstić information content (AvgIpc) is 2.47.